The number of carbonyl (C=O) groups is 2. The third-order valence-corrected chi connectivity index (χ3v) is 5.99. The Morgan fingerprint density at radius 1 is 0.929 bits per heavy atom. The molecule has 2 aliphatic rings. The number of nitrogens with one attached hydrogen (secondary N) is 2. The van der Waals surface area contributed by atoms with Gasteiger partial charge in [0.25, 0.3) is 0 Å². The van der Waals surface area contributed by atoms with Crippen LogP contribution in [-0.2, 0) is 27.9 Å². The smallest absolute Gasteiger partial charge is 0.341 e. The van der Waals surface area contributed by atoms with Crippen molar-refractivity contribution in [1.29, 1.82) is 0 Å². The van der Waals surface area contributed by atoms with Crippen LogP contribution in [0.5, 0.6) is 0 Å². The molecular weight excluding hydrogens is 352 g/mol. The van der Waals surface area contributed by atoms with Gasteiger partial charge >= 0.3 is 12.0 Å². The highest BCUT2D eigenvalue weighted by atomic mass is 16.5. The SMILES string of the molecule is COC(=O)C1(NC(=O)NC2CCCC2)c2ccccc2CCc2ccccc21. The standard InChI is InChI=1S/C23H26N2O3/c1-28-21(26)23(25-22(27)24-18-10-4-5-11-18)19-12-6-2-8-16(19)14-15-17-9-3-7-13-20(17)23/h2-3,6-9,12-13,18H,4-5,10-11,14-15H2,1H3,(H2,24,25,27). The number of fused-ring (bicyclic) bond motifs is 2. The van der Waals surface area contributed by atoms with Gasteiger partial charge in [-0.2, -0.15) is 0 Å². The molecule has 28 heavy (non-hydrogen) atoms. The molecule has 0 aromatic heterocycles. The molecule has 0 heterocycles. The van der Waals surface area contributed by atoms with Crippen LogP contribution in [0.1, 0.15) is 47.9 Å². The monoisotopic (exact) mass is 378 g/mol. The molecule has 5 heteroatoms. The first-order valence-corrected chi connectivity index (χ1v) is 9.99. The molecule has 2 aromatic rings. The fourth-order valence-corrected chi connectivity index (χ4v) is 4.64. The molecule has 0 radical (unpaired) electrons. The lowest BCUT2D eigenvalue weighted by Gasteiger charge is -2.34. The second-order valence-electron chi connectivity index (χ2n) is 7.64. The van der Waals surface area contributed by atoms with Crippen LogP contribution in [0.15, 0.2) is 48.5 Å². The number of methoxy groups -OCH3 is 1. The number of esters is 1. The highest BCUT2D eigenvalue weighted by molar-refractivity contribution is 5.93. The van der Waals surface area contributed by atoms with Crippen molar-refractivity contribution in [2.75, 3.05) is 7.11 Å². The van der Waals surface area contributed by atoms with Crippen LogP contribution in [0.4, 0.5) is 4.79 Å². The number of ether oxygens (including phenoxy) is 1. The zero-order valence-electron chi connectivity index (χ0n) is 16.2. The summed E-state index contributed by atoms with van der Waals surface area (Å²) in [6.45, 7) is 0. The summed E-state index contributed by atoms with van der Waals surface area (Å²) in [5.41, 5.74) is 2.30. The number of urea groups is 1. The molecular formula is C23H26N2O3. The molecule has 2 N–H and O–H groups in total. The summed E-state index contributed by atoms with van der Waals surface area (Å²) in [6, 6.07) is 15.5. The third kappa shape index (κ3) is 3.15. The van der Waals surface area contributed by atoms with Gasteiger partial charge in [0.05, 0.1) is 7.11 Å². The number of rotatable bonds is 3. The predicted octanol–water partition coefficient (Wildman–Crippen LogP) is 3.44. The maximum absolute atomic E-state index is 13.3. The van der Waals surface area contributed by atoms with Crippen molar-refractivity contribution >= 4 is 12.0 Å². The van der Waals surface area contributed by atoms with Crippen LogP contribution < -0.4 is 10.6 Å². The molecule has 146 valence electrons. The second kappa shape index (κ2) is 7.66. The van der Waals surface area contributed by atoms with Gasteiger partial charge in [0, 0.05) is 6.04 Å². The van der Waals surface area contributed by atoms with Crippen LogP contribution in [0, 0.1) is 0 Å². The Kier molecular flexibility index (Phi) is 5.07. The highest BCUT2D eigenvalue weighted by Gasteiger charge is 2.48. The van der Waals surface area contributed by atoms with Crippen molar-refractivity contribution in [1.82, 2.24) is 10.6 Å². The molecule has 0 atom stereocenters. The fraction of sp³-hybridized carbons (Fsp3) is 0.391. The number of carbonyl (C=O) groups excluding carboxylic acids is 2. The highest BCUT2D eigenvalue weighted by Crippen LogP contribution is 2.39. The molecule has 4 rings (SSSR count). The molecule has 0 unspecified atom stereocenters. The number of amides is 2. The third-order valence-electron chi connectivity index (χ3n) is 5.99. The van der Waals surface area contributed by atoms with E-state index in [4.69, 9.17) is 4.74 Å². The van der Waals surface area contributed by atoms with Crippen LogP contribution in [0.25, 0.3) is 0 Å². The molecule has 0 spiro atoms. The topological polar surface area (TPSA) is 67.4 Å². The van der Waals surface area contributed by atoms with Crippen molar-refractivity contribution in [3.8, 4) is 0 Å². The normalized spacial score (nSPS) is 17.8. The molecule has 2 aromatic carbocycles. The van der Waals surface area contributed by atoms with Crippen LogP contribution in [-0.4, -0.2) is 25.2 Å². The lowest BCUT2D eigenvalue weighted by atomic mass is 9.80. The van der Waals surface area contributed by atoms with Gasteiger partial charge in [-0.05, 0) is 47.9 Å². The summed E-state index contributed by atoms with van der Waals surface area (Å²) in [5.74, 6) is -0.476. The lowest BCUT2D eigenvalue weighted by molar-refractivity contribution is -0.146. The van der Waals surface area contributed by atoms with Crippen molar-refractivity contribution in [3.63, 3.8) is 0 Å². The molecule has 0 bridgehead atoms. The minimum atomic E-state index is -1.36. The molecule has 2 amide bonds. The average Bonchev–Trinajstić information content (AvgIpc) is 3.18. The molecule has 2 aliphatic carbocycles. The minimum absolute atomic E-state index is 0.158. The largest absolute Gasteiger partial charge is 0.467 e. The van der Waals surface area contributed by atoms with Gasteiger partial charge in [0.15, 0.2) is 5.54 Å². The van der Waals surface area contributed by atoms with Gasteiger partial charge in [0.2, 0.25) is 0 Å². The van der Waals surface area contributed by atoms with E-state index in [-0.39, 0.29) is 12.1 Å². The van der Waals surface area contributed by atoms with E-state index >= 15 is 0 Å². The maximum Gasteiger partial charge on any atom is 0.341 e. The number of benzene rings is 2. The number of hydrogen-bond donors (Lipinski definition) is 2. The summed E-state index contributed by atoms with van der Waals surface area (Å²) < 4.78 is 5.25. The van der Waals surface area contributed by atoms with Gasteiger partial charge in [-0.25, -0.2) is 9.59 Å². The van der Waals surface area contributed by atoms with Crippen LogP contribution in [0.3, 0.4) is 0 Å². The van der Waals surface area contributed by atoms with E-state index in [1.807, 2.05) is 48.5 Å². The maximum atomic E-state index is 13.3. The summed E-state index contributed by atoms with van der Waals surface area (Å²) in [6.07, 6.45) is 5.81. The van der Waals surface area contributed by atoms with Crippen molar-refractivity contribution in [2.45, 2.75) is 50.1 Å². The summed E-state index contributed by atoms with van der Waals surface area (Å²) in [4.78, 5) is 26.3. The lowest BCUT2D eigenvalue weighted by Crippen LogP contribution is -2.57. The molecule has 5 nitrogen and oxygen atoms in total. The first-order valence-electron chi connectivity index (χ1n) is 9.99. The average molecular weight is 378 g/mol. The molecule has 1 saturated carbocycles. The number of aryl methyl sites for hydroxylation is 2. The van der Waals surface area contributed by atoms with Gasteiger partial charge in [-0.15, -0.1) is 0 Å². The second-order valence-corrected chi connectivity index (χ2v) is 7.64. The Balaban J connectivity index is 1.84. The molecule has 0 aliphatic heterocycles. The van der Waals surface area contributed by atoms with Gasteiger partial charge in [-0.3, -0.25) is 0 Å². The molecule has 0 saturated heterocycles. The van der Waals surface area contributed by atoms with Crippen molar-refractivity contribution in [2.24, 2.45) is 0 Å². The molecule has 1 fully saturated rings. The van der Waals surface area contributed by atoms with Crippen LogP contribution in [0.2, 0.25) is 0 Å². The van der Waals surface area contributed by atoms with Crippen molar-refractivity contribution < 1.29 is 14.3 Å². The Labute approximate surface area is 165 Å². The summed E-state index contributed by atoms with van der Waals surface area (Å²) in [7, 11) is 1.37. The first-order chi connectivity index (χ1) is 13.6. The zero-order chi connectivity index (χ0) is 19.6. The number of hydrogen-bond acceptors (Lipinski definition) is 3. The zero-order valence-corrected chi connectivity index (χ0v) is 16.2. The quantitative estimate of drug-likeness (QED) is 0.804. The van der Waals surface area contributed by atoms with Gasteiger partial charge in [-0.1, -0.05) is 61.4 Å². The van der Waals surface area contributed by atoms with E-state index in [1.54, 1.807) is 0 Å². The van der Waals surface area contributed by atoms with E-state index in [2.05, 4.69) is 10.6 Å². The fourth-order valence-electron chi connectivity index (χ4n) is 4.64. The predicted molar refractivity (Wildman–Crippen MR) is 107 cm³/mol. The minimum Gasteiger partial charge on any atom is -0.467 e. The Morgan fingerprint density at radius 2 is 1.46 bits per heavy atom. The van der Waals surface area contributed by atoms with E-state index in [0.717, 1.165) is 60.8 Å². The first kappa shape index (κ1) is 18.5. The Morgan fingerprint density at radius 3 is 2.00 bits per heavy atom. The van der Waals surface area contributed by atoms with E-state index in [1.165, 1.54) is 7.11 Å². The summed E-state index contributed by atoms with van der Waals surface area (Å²) >= 11 is 0. The van der Waals surface area contributed by atoms with E-state index in [9.17, 15) is 9.59 Å². The Hall–Kier alpha value is -2.82. The van der Waals surface area contributed by atoms with E-state index < -0.39 is 11.5 Å². The van der Waals surface area contributed by atoms with Gasteiger partial charge < -0.3 is 15.4 Å². The van der Waals surface area contributed by atoms with Crippen molar-refractivity contribution in [3.05, 3.63) is 70.8 Å². The summed E-state index contributed by atoms with van der Waals surface area (Å²) in [5, 5.41) is 6.09. The van der Waals surface area contributed by atoms with Gasteiger partial charge in [0.1, 0.15) is 0 Å². The Bertz CT molecular complexity index is 839. The van der Waals surface area contributed by atoms with Crippen LogP contribution >= 0.6 is 0 Å². The van der Waals surface area contributed by atoms with E-state index in [0.29, 0.717) is 0 Å².